The van der Waals surface area contributed by atoms with Gasteiger partial charge in [-0.3, -0.25) is 0 Å². The minimum atomic E-state index is -0.0335. The molecule has 0 saturated heterocycles. The molecule has 0 aliphatic carbocycles. The van der Waals surface area contributed by atoms with Crippen LogP contribution >= 0.6 is 0 Å². The van der Waals surface area contributed by atoms with E-state index in [-0.39, 0.29) is 10.8 Å². The first-order valence-electron chi connectivity index (χ1n) is 4.92. The van der Waals surface area contributed by atoms with Crippen LogP contribution in [0.2, 0.25) is 0 Å². The number of hydrogen-bond donors (Lipinski definition) is 0. The number of nitrogens with zero attached hydrogens (tertiary/aromatic N) is 3. The first-order chi connectivity index (χ1) is 6.21. The third kappa shape index (κ3) is 2.50. The van der Waals surface area contributed by atoms with Crippen molar-refractivity contribution in [2.75, 3.05) is 0 Å². The fourth-order valence-electron chi connectivity index (χ4n) is 0.983. The summed E-state index contributed by atoms with van der Waals surface area (Å²) in [7, 11) is 0. The summed E-state index contributed by atoms with van der Waals surface area (Å²) < 4.78 is 0. The third-order valence-corrected chi connectivity index (χ3v) is 2.00. The molecule has 0 unspecified atom stereocenters. The maximum atomic E-state index is 4.54. The second-order valence-electron chi connectivity index (χ2n) is 5.67. The lowest BCUT2D eigenvalue weighted by molar-refractivity contribution is 0.500. The highest BCUT2D eigenvalue weighted by molar-refractivity contribution is 5.11. The lowest BCUT2D eigenvalue weighted by Gasteiger charge is -2.21. The Balaban J connectivity index is 3.15. The first-order valence-corrected chi connectivity index (χ1v) is 4.92. The predicted octanol–water partition coefficient (Wildman–Crippen LogP) is 2.47. The van der Waals surface area contributed by atoms with E-state index in [1.165, 1.54) is 0 Å². The second kappa shape index (κ2) is 3.30. The van der Waals surface area contributed by atoms with Crippen molar-refractivity contribution >= 4 is 0 Å². The summed E-state index contributed by atoms with van der Waals surface area (Å²) in [6, 6.07) is 0. The smallest absolute Gasteiger partial charge is 0.156 e. The van der Waals surface area contributed by atoms with Crippen LogP contribution in [0.3, 0.4) is 0 Å². The second-order valence-corrected chi connectivity index (χ2v) is 5.67. The Morgan fingerprint density at radius 2 is 1.50 bits per heavy atom. The number of hydrogen-bond acceptors (Lipinski definition) is 3. The van der Waals surface area contributed by atoms with Gasteiger partial charge in [0.1, 0.15) is 0 Å². The maximum absolute atomic E-state index is 4.54. The van der Waals surface area contributed by atoms with Crippen molar-refractivity contribution in [2.24, 2.45) is 0 Å². The van der Waals surface area contributed by atoms with Gasteiger partial charge >= 0.3 is 0 Å². The van der Waals surface area contributed by atoms with Crippen LogP contribution in [0.1, 0.15) is 53.1 Å². The molecule has 0 saturated carbocycles. The lowest BCUT2D eigenvalue weighted by atomic mass is 9.91. The highest BCUT2D eigenvalue weighted by atomic mass is 15.2. The van der Waals surface area contributed by atoms with Crippen LogP contribution in [-0.4, -0.2) is 15.2 Å². The monoisotopic (exact) mass is 193 g/mol. The van der Waals surface area contributed by atoms with Gasteiger partial charge in [0.15, 0.2) is 5.82 Å². The Morgan fingerprint density at radius 1 is 0.929 bits per heavy atom. The van der Waals surface area contributed by atoms with Crippen LogP contribution in [0.15, 0.2) is 6.20 Å². The fourth-order valence-corrected chi connectivity index (χ4v) is 0.983. The van der Waals surface area contributed by atoms with E-state index < -0.39 is 0 Å². The summed E-state index contributed by atoms with van der Waals surface area (Å²) in [5, 5.41) is 8.07. The Kier molecular flexibility index (Phi) is 2.61. The van der Waals surface area contributed by atoms with E-state index in [0.717, 1.165) is 11.5 Å². The largest absolute Gasteiger partial charge is 0.233 e. The van der Waals surface area contributed by atoms with Crippen molar-refractivity contribution in [2.45, 2.75) is 52.4 Å². The average Bonchev–Trinajstić information content (AvgIpc) is 2.01. The molecule has 0 aliphatic rings. The van der Waals surface area contributed by atoms with Crippen molar-refractivity contribution in [3.8, 4) is 0 Å². The van der Waals surface area contributed by atoms with Crippen LogP contribution in [-0.2, 0) is 10.8 Å². The standard InChI is InChI=1S/C11H19N3/c1-10(2,3)8-7-12-14-9(13-8)11(4,5)6/h7H,1-6H3. The van der Waals surface area contributed by atoms with Gasteiger partial charge in [-0.15, -0.1) is 5.10 Å². The van der Waals surface area contributed by atoms with Gasteiger partial charge in [0, 0.05) is 10.8 Å². The molecule has 1 aromatic rings. The minimum Gasteiger partial charge on any atom is -0.233 e. The van der Waals surface area contributed by atoms with Crippen molar-refractivity contribution < 1.29 is 0 Å². The summed E-state index contributed by atoms with van der Waals surface area (Å²) >= 11 is 0. The molecule has 78 valence electrons. The lowest BCUT2D eigenvalue weighted by Crippen LogP contribution is -2.22. The molecule has 0 fully saturated rings. The highest BCUT2D eigenvalue weighted by Crippen LogP contribution is 2.22. The average molecular weight is 193 g/mol. The zero-order chi connectivity index (χ0) is 11.0. The Hall–Kier alpha value is -0.990. The molecule has 0 spiro atoms. The topological polar surface area (TPSA) is 38.7 Å². The Morgan fingerprint density at radius 3 is 1.93 bits per heavy atom. The SMILES string of the molecule is CC(C)(C)c1cnnc(C(C)(C)C)n1. The molecular weight excluding hydrogens is 174 g/mol. The van der Waals surface area contributed by atoms with Crippen molar-refractivity contribution in [3.63, 3.8) is 0 Å². The Bertz CT molecular complexity index is 289. The minimum absolute atomic E-state index is 0.0335. The Labute approximate surface area is 86.0 Å². The summed E-state index contributed by atoms with van der Waals surface area (Å²) in [6.45, 7) is 12.7. The quantitative estimate of drug-likeness (QED) is 0.635. The van der Waals surface area contributed by atoms with E-state index in [4.69, 9.17) is 0 Å². The molecule has 1 rings (SSSR count). The van der Waals surface area contributed by atoms with E-state index in [0.29, 0.717) is 0 Å². The van der Waals surface area contributed by atoms with Crippen LogP contribution in [0.25, 0.3) is 0 Å². The molecule has 1 heterocycles. The third-order valence-electron chi connectivity index (χ3n) is 2.00. The zero-order valence-electron chi connectivity index (χ0n) is 9.92. The van der Waals surface area contributed by atoms with Gasteiger partial charge in [-0.2, -0.15) is 5.10 Å². The van der Waals surface area contributed by atoms with Crippen molar-refractivity contribution in [3.05, 3.63) is 17.7 Å². The van der Waals surface area contributed by atoms with E-state index >= 15 is 0 Å². The highest BCUT2D eigenvalue weighted by Gasteiger charge is 2.22. The molecule has 0 amide bonds. The van der Waals surface area contributed by atoms with Gasteiger partial charge in [0.05, 0.1) is 11.9 Å². The fraction of sp³-hybridized carbons (Fsp3) is 0.727. The van der Waals surface area contributed by atoms with Gasteiger partial charge in [-0.25, -0.2) is 4.98 Å². The summed E-state index contributed by atoms with van der Waals surface area (Å²) in [5.41, 5.74) is 1.00. The summed E-state index contributed by atoms with van der Waals surface area (Å²) in [6.07, 6.45) is 1.75. The summed E-state index contributed by atoms with van der Waals surface area (Å²) in [5.74, 6) is 0.810. The molecule has 14 heavy (non-hydrogen) atoms. The van der Waals surface area contributed by atoms with E-state index in [2.05, 4.69) is 56.7 Å². The molecule has 3 heteroatoms. The number of rotatable bonds is 0. The zero-order valence-corrected chi connectivity index (χ0v) is 9.92. The van der Waals surface area contributed by atoms with Gasteiger partial charge in [-0.05, 0) is 0 Å². The molecule has 0 radical (unpaired) electrons. The molecule has 3 nitrogen and oxygen atoms in total. The molecule has 0 aliphatic heterocycles. The van der Waals surface area contributed by atoms with E-state index in [9.17, 15) is 0 Å². The van der Waals surface area contributed by atoms with Crippen LogP contribution in [0.4, 0.5) is 0 Å². The summed E-state index contributed by atoms with van der Waals surface area (Å²) in [4.78, 5) is 4.54. The molecular formula is C11H19N3. The van der Waals surface area contributed by atoms with E-state index in [1.54, 1.807) is 6.20 Å². The molecule has 0 atom stereocenters. The van der Waals surface area contributed by atoms with Gasteiger partial charge < -0.3 is 0 Å². The number of aromatic nitrogens is 3. The van der Waals surface area contributed by atoms with Crippen molar-refractivity contribution in [1.82, 2.24) is 15.2 Å². The first kappa shape index (κ1) is 11.1. The van der Waals surface area contributed by atoms with E-state index in [1.807, 2.05) is 0 Å². The maximum Gasteiger partial charge on any atom is 0.156 e. The van der Waals surface area contributed by atoms with Gasteiger partial charge in [-0.1, -0.05) is 41.5 Å². The van der Waals surface area contributed by atoms with Crippen molar-refractivity contribution in [1.29, 1.82) is 0 Å². The van der Waals surface area contributed by atoms with Crippen LogP contribution in [0, 0.1) is 0 Å². The van der Waals surface area contributed by atoms with Gasteiger partial charge in [0.2, 0.25) is 0 Å². The van der Waals surface area contributed by atoms with Crippen LogP contribution < -0.4 is 0 Å². The normalized spacial score (nSPS) is 13.0. The molecule has 0 aromatic carbocycles. The van der Waals surface area contributed by atoms with Crippen LogP contribution in [0.5, 0.6) is 0 Å². The predicted molar refractivity (Wildman–Crippen MR) is 57.2 cm³/mol. The molecule has 0 bridgehead atoms. The van der Waals surface area contributed by atoms with Gasteiger partial charge in [0.25, 0.3) is 0 Å². The molecule has 1 aromatic heterocycles. The molecule has 0 N–H and O–H groups in total.